The molecule has 0 bridgehead atoms. The molecule has 2 N–H and O–H groups in total. The summed E-state index contributed by atoms with van der Waals surface area (Å²) in [7, 11) is 3.35. The molecule has 0 aliphatic heterocycles. The third kappa shape index (κ3) is 3.56. The van der Waals surface area contributed by atoms with E-state index >= 15 is 0 Å². The van der Waals surface area contributed by atoms with E-state index in [2.05, 4.69) is 20.6 Å². The number of rotatable bonds is 4. The van der Waals surface area contributed by atoms with E-state index in [4.69, 9.17) is 0 Å². The Bertz CT molecular complexity index is 262. The minimum absolute atomic E-state index is 0. The third-order valence-electron chi connectivity index (χ3n) is 1.81. The molecule has 0 radical (unpaired) electrons. The number of aromatic nitrogens is 2. The third-order valence-corrected chi connectivity index (χ3v) is 1.81. The van der Waals surface area contributed by atoms with Gasteiger partial charge in [-0.2, -0.15) is 0 Å². The quantitative estimate of drug-likeness (QED) is 0.663. The molecule has 1 amide bonds. The van der Waals surface area contributed by atoms with Gasteiger partial charge in [0.05, 0.1) is 6.04 Å². The fourth-order valence-corrected chi connectivity index (χ4v) is 1.06. The fourth-order valence-electron chi connectivity index (χ4n) is 1.06. The van der Waals surface area contributed by atoms with Gasteiger partial charge >= 0.3 is 0 Å². The van der Waals surface area contributed by atoms with Crippen LogP contribution in [0.15, 0.2) is 12.4 Å². The van der Waals surface area contributed by atoms with E-state index in [0.29, 0.717) is 12.2 Å². The molecular weight excluding hydrogens is 234 g/mol. The average molecular weight is 247 g/mol. The van der Waals surface area contributed by atoms with Gasteiger partial charge in [-0.05, 0) is 13.5 Å². The summed E-state index contributed by atoms with van der Waals surface area (Å²) < 4.78 is 0. The van der Waals surface area contributed by atoms with Crippen LogP contribution in [0.25, 0.3) is 0 Å². The number of amides is 1. The van der Waals surface area contributed by atoms with Crippen LogP contribution in [0.5, 0.6) is 0 Å². The molecule has 0 unspecified atom stereocenters. The van der Waals surface area contributed by atoms with Crippen LogP contribution >= 0.6 is 0 Å². The molecule has 0 saturated heterocycles. The molecule has 0 saturated carbocycles. The monoisotopic (exact) mass is 245 g/mol. The molecule has 0 spiro atoms. The van der Waals surface area contributed by atoms with Crippen LogP contribution in [0.4, 0.5) is 0 Å². The van der Waals surface area contributed by atoms with E-state index in [1.54, 1.807) is 26.5 Å². The van der Waals surface area contributed by atoms with Crippen LogP contribution in [-0.4, -0.2) is 31.0 Å². The molecule has 1 atom stereocenters. The number of hydrogen-bond acceptors (Lipinski definition) is 3. The summed E-state index contributed by atoms with van der Waals surface area (Å²) in [6, 6.07) is -0.257. The van der Waals surface area contributed by atoms with Crippen LogP contribution in [0, 0.1) is 0 Å². The zero-order chi connectivity index (χ0) is 9.68. The van der Waals surface area contributed by atoms with E-state index in [9.17, 15) is 4.79 Å². The summed E-state index contributed by atoms with van der Waals surface area (Å²) >= 11 is 0. The molecule has 5 nitrogen and oxygen atoms in total. The van der Waals surface area contributed by atoms with Gasteiger partial charge in [-0.25, -0.2) is 0 Å². The maximum absolute atomic E-state index is 11.2. The Morgan fingerprint density at radius 2 is 2.36 bits per heavy atom. The minimum Gasteiger partial charge on any atom is -0.446 e. The topological polar surface area (TPSA) is 68.1 Å². The summed E-state index contributed by atoms with van der Waals surface area (Å²) in [5, 5.41) is 5.47. The van der Waals surface area contributed by atoms with Crippen molar-refractivity contribution in [1.82, 2.24) is 20.6 Å². The van der Waals surface area contributed by atoms with Gasteiger partial charge in [-0.1, -0.05) is 18.2 Å². The van der Waals surface area contributed by atoms with Crippen LogP contribution in [0.1, 0.15) is 5.82 Å². The van der Waals surface area contributed by atoms with Crippen LogP contribution in [0.2, 0.25) is 0 Å². The Balaban J connectivity index is 0.00000169. The SMILES string of the molecule is CNC(=O)[C@H](Cc1ncc[n-]1)NC.[Zn]. The molecule has 0 fully saturated rings. The second kappa shape index (κ2) is 6.68. The predicted molar refractivity (Wildman–Crippen MR) is 48.2 cm³/mol. The second-order valence-electron chi connectivity index (χ2n) is 2.63. The maximum Gasteiger partial charge on any atom is 0.237 e. The van der Waals surface area contributed by atoms with Crippen molar-refractivity contribution in [3.63, 3.8) is 0 Å². The van der Waals surface area contributed by atoms with Gasteiger partial charge in [0.25, 0.3) is 0 Å². The van der Waals surface area contributed by atoms with Crippen LogP contribution in [0.3, 0.4) is 0 Å². The van der Waals surface area contributed by atoms with Crippen molar-refractivity contribution in [3.05, 3.63) is 18.2 Å². The number of nitrogens with one attached hydrogen (secondary N) is 2. The summed E-state index contributed by atoms with van der Waals surface area (Å²) in [6.07, 6.45) is 3.75. The standard InChI is InChI=1S/C8H14N4O.Zn/c1-9-6(8(13)10-2)5-7-11-3-4-12-7;/h3-4,6,9H,5H2,1-2H3,(H2,10,11,12,13);/p-1/t6-;/m0./s1. The van der Waals surface area contributed by atoms with Crippen molar-refractivity contribution in [2.24, 2.45) is 0 Å². The number of nitrogens with zero attached hydrogens (tertiary/aromatic N) is 2. The Labute approximate surface area is 95.8 Å². The maximum atomic E-state index is 11.2. The van der Waals surface area contributed by atoms with Crippen molar-refractivity contribution in [2.45, 2.75) is 12.5 Å². The van der Waals surface area contributed by atoms with Gasteiger partial charge in [-0.3, -0.25) is 4.79 Å². The largest absolute Gasteiger partial charge is 0.446 e. The molecule has 14 heavy (non-hydrogen) atoms. The fraction of sp³-hybridized carbons (Fsp3) is 0.500. The normalized spacial score (nSPS) is 11.6. The van der Waals surface area contributed by atoms with Gasteiger partial charge < -0.3 is 20.6 Å². The van der Waals surface area contributed by atoms with E-state index in [1.807, 2.05) is 0 Å². The van der Waals surface area contributed by atoms with Crippen molar-refractivity contribution < 1.29 is 24.3 Å². The van der Waals surface area contributed by atoms with Gasteiger partial charge in [0.2, 0.25) is 5.91 Å². The molecule has 6 heteroatoms. The van der Waals surface area contributed by atoms with Gasteiger partial charge in [0.15, 0.2) is 0 Å². The summed E-state index contributed by atoms with van der Waals surface area (Å²) in [6.45, 7) is 0. The summed E-state index contributed by atoms with van der Waals surface area (Å²) in [5.74, 6) is 0.634. The molecule has 1 aromatic heterocycles. The number of carbonyl (C=O) groups excluding carboxylic acids is 1. The second-order valence-corrected chi connectivity index (χ2v) is 2.63. The molecule has 74 valence electrons. The van der Waals surface area contributed by atoms with Crippen LogP contribution in [-0.2, 0) is 30.7 Å². The smallest absolute Gasteiger partial charge is 0.237 e. The van der Waals surface area contributed by atoms with Crippen molar-refractivity contribution >= 4 is 5.91 Å². The van der Waals surface area contributed by atoms with E-state index in [1.165, 1.54) is 0 Å². The molecule has 0 aliphatic carbocycles. The predicted octanol–water partition coefficient (Wildman–Crippen LogP) is -1.09. The minimum atomic E-state index is -0.257. The Morgan fingerprint density at radius 3 is 2.79 bits per heavy atom. The number of imidazole rings is 1. The molecular formula is C8H13N4OZn-. The number of carbonyl (C=O) groups is 1. The molecule has 1 heterocycles. The Morgan fingerprint density at radius 1 is 1.64 bits per heavy atom. The Hall–Kier alpha value is -0.737. The first-order valence-corrected chi connectivity index (χ1v) is 4.09. The summed E-state index contributed by atoms with van der Waals surface area (Å²) in [4.78, 5) is 19.2. The van der Waals surface area contributed by atoms with Gasteiger partial charge in [0, 0.05) is 26.5 Å². The van der Waals surface area contributed by atoms with E-state index in [0.717, 1.165) is 0 Å². The first-order chi connectivity index (χ1) is 6.27. The first-order valence-electron chi connectivity index (χ1n) is 4.09. The molecule has 1 rings (SSSR count). The average Bonchev–Trinajstić information content (AvgIpc) is 2.65. The van der Waals surface area contributed by atoms with Crippen molar-refractivity contribution in [1.29, 1.82) is 0 Å². The number of hydrogen-bond donors (Lipinski definition) is 2. The zero-order valence-corrected chi connectivity index (χ0v) is 11.4. The van der Waals surface area contributed by atoms with Gasteiger partial charge in [0.1, 0.15) is 0 Å². The van der Waals surface area contributed by atoms with Crippen LogP contribution < -0.4 is 15.6 Å². The summed E-state index contributed by atoms with van der Waals surface area (Å²) in [5.41, 5.74) is 0. The molecule has 0 aliphatic rings. The zero-order valence-electron chi connectivity index (χ0n) is 8.45. The van der Waals surface area contributed by atoms with E-state index < -0.39 is 0 Å². The first kappa shape index (κ1) is 13.3. The van der Waals surface area contributed by atoms with Crippen molar-refractivity contribution in [2.75, 3.05) is 14.1 Å². The number of likely N-dealkylation sites (N-methyl/N-ethyl adjacent to an activating group) is 2. The molecule has 1 aromatic rings. The van der Waals surface area contributed by atoms with E-state index in [-0.39, 0.29) is 31.4 Å². The van der Waals surface area contributed by atoms with Gasteiger partial charge in [-0.15, -0.1) is 0 Å². The Kier molecular flexibility index (Phi) is 6.33. The van der Waals surface area contributed by atoms with Crippen molar-refractivity contribution in [3.8, 4) is 0 Å². The molecule has 0 aromatic carbocycles.